The van der Waals surface area contributed by atoms with E-state index in [1.165, 1.54) is 0 Å². The maximum absolute atomic E-state index is 12.4. The molecule has 0 aliphatic carbocycles. The molecule has 0 bridgehead atoms. The zero-order valence-electron chi connectivity index (χ0n) is 12.9. The van der Waals surface area contributed by atoms with Crippen LogP contribution in [0.25, 0.3) is 0 Å². The second-order valence-corrected chi connectivity index (χ2v) is 5.68. The van der Waals surface area contributed by atoms with Gasteiger partial charge in [0, 0.05) is 5.70 Å². The molecule has 2 unspecified atom stereocenters. The smallest absolute Gasteiger partial charge is 0.319 e. The zero-order valence-corrected chi connectivity index (χ0v) is 12.9. The molecule has 0 spiro atoms. The van der Waals surface area contributed by atoms with E-state index in [0.717, 1.165) is 5.56 Å². The van der Waals surface area contributed by atoms with Crippen LogP contribution in [0.2, 0.25) is 0 Å². The van der Waals surface area contributed by atoms with E-state index >= 15 is 0 Å². The van der Waals surface area contributed by atoms with Crippen LogP contribution < -0.4 is 20.1 Å². The third-order valence-corrected chi connectivity index (χ3v) is 3.63. The van der Waals surface area contributed by atoms with Gasteiger partial charge in [-0.1, -0.05) is 12.6 Å². The molecule has 2 atom stereocenters. The molecule has 1 saturated heterocycles. The molecule has 0 aromatic heterocycles. The predicted molar refractivity (Wildman–Crippen MR) is 80.8 cm³/mol. The van der Waals surface area contributed by atoms with Crippen molar-refractivity contribution in [2.45, 2.75) is 26.0 Å². The number of rotatable bonds is 3. The van der Waals surface area contributed by atoms with E-state index in [0.29, 0.717) is 17.2 Å². The topological polar surface area (TPSA) is 85.9 Å². The number of esters is 1. The highest BCUT2D eigenvalue weighted by Crippen LogP contribution is 2.38. The molecule has 1 fully saturated rings. The summed E-state index contributed by atoms with van der Waals surface area (Å²) in [4.78, 5) is 24.2. The lowest BCUT2D eigenvalue weighted by Gasteiger charge is -2.33. The third kappa shape index (κ3) is 2.94. The summed E-state index contributed by atoms with van der Waals surface area (Å²) in [5.41, 5.74) is 1.03. The molecule has 2 amide bonds. The zero-order chi connectivity index (χ0) is 16.6. The molecule has 122 valence electrons. The highest BCUT2D eigenvalue weighted by atomic mass is 16.7. The number of fused-ring (bicyclic) bond motifs is 1. The Morgan fingerprint density at radius 3 is 2.83 bits per heavy atom. The van der Waals surface area contributed by atoms with Crippen molar-refractivity contribution in [2.24, 2.45) is 5.92 Å². The fourth-order valence-electron chi connectivity index (χ4n) is 2.65. The van der Waals surface area contributed by atoms with Gasteiger partial charge in [0.2, 0.25) is 6.79 Å². The molecular formula is C16H18N2O5. The Balaban J connectivity index is 1.93. The quantitative estimate of drug-likeness (QED) is 0.831. The van der Waals surface area contributed by atoms with Crippen molar-refractivity contribution in [3.05, 3.63) is 36.0 Å². The van der Waals surface area contributed by atoms with E-state index < -0.39 is 24.0 Å². The lowest BCUT2D eigenvalue weighted by Crippen LogP contribution is -2.51. The molecule has 0 saturated carbocycles. The van der Waals surface area contributed by atoms with Crippen LogP contribution >= 0.6 is 0 Å². The van der Waals surface area contributed by atoms with Gasteiger partial charge in [0.05, 0.1) is 12.1 Å². The monoisotopic (exact) mass is 318 g/mol. The summed E-state index contributed by atoms with van der Waals surface area (Å²) in [5, 5.41) is 5.28. The van der Waals surface area contributed by atoms with E-state index in [1.54, 1.807) is 32.0 Å². The Morgan fingerprint density at radius 1 is 1.35 bits per heavy atom. The number of nitrogens with one attached hydrogen (secondary N) is 2. The Morgan fingerprint density at radius 2 is 2.09 bits per heavy atom. The number of amides is 2. The minimum absolute atomic E-state index is 0.156. The average molecular weight is 318 g/mol. The number of carbonyl (C=O) groups excluding carboxylic acids is 2. The standard InChI is InChI=1S/C16H18N2O5/c1-8(2)23-15(19)13-9(3)17-16(20)18-14(13)10-4-5-11-12(6-10)22-7-21-11/h4-6,8,13-14H,3,7H2,1-2H3,(H2,17,18,20). The highest BCUT2D eigenvalue weighted by Gasteiger charge is 2.39. The van der Waals surface area contributed by atoms with Crippen molar-refractivity contribution in [1.29, 1.82) is 0 Å². The van der Waals surface area contributed by atoms with E-state index in [2.05, 4.69) is 17.2 Å². The lowest BCUT2D eigenvalue weighted by molar-refractivity contribution is -0.152. The van der Waals surface area contributed by atoms with Crippen molar-refractivity contribution in [1.82, 2.24) is 10.6 Å². The van der Waals surface area contributed by atoms with Crippen molar-refractivity contribution in [3.8, 4) is 11.5 Å². The van der Waals surface area contributed by atoms with Crippen LogP contribution in [0.5, 0.6) is 11.5 Å². The van der Waals surface area contributed by atoms with Crippen LogP contribution in [0.1, 0.15) is 25.5 Å². The van der Waals surface area contributed by atoms with Crippen LogP contribution in [-0.4, -0.2) is 24.9 Å². The van der Waals surface area contributed by atoms with E-state index in [1.807, 2.05) is 0 Å². The van der Waals surface area contributed by atoms with Gasteiger partial charge in [0.25, 0.3) is 0 Å². The number of benzene rings is 1. The van der Waals surface area contributed by atoms with Gasteiger partial charge in [-0.05, 0) is 31.5 Å². The SMILES string of the molecule is C=C1NC(=O)NC(c2ccc3c(c2)OCO3)C1C(=O)OC(C)C. The number of hydrogen-bond donors (Lipinski definition) is 2. The number of hydrogen-bond acceptors (Lipinski definition) is 5. The summed E-state index contributed by atoms with van der Waals surface area (Å²) in [6.45, 7) is 7.49. The molecule has 0 radical (unpaired) electrons. The minimum Gasteiger partial charge on any atom is -0.462 e. The van der Waals surface area contributed by atoms with Crippen LogP contribution in [0.15, 0.2) is 30.5 Å². The van der Waals surface area contributed by atoms with Crippen LogP contribution in [0, 0.1) is 5.92 Å². The van der Waals surface area contributed by atoms with Crippen molar-refractivity contribution in [2.75, 3.05) is 6.79 Å². The van der Waals surface area contributed by atoms with Crippen LogP contribution in [0.3, 0.4) is 0 Å². The number of ether oxygens (including phenoxy) is 3. The lowest BCUT2D eigenvalue weighted by atomic mass is 9.89. The van der Waals surface area contributed by atoms with Gasteiger partial charge in [0.1, 0.15) is 5.92 Å². The van der Waals surface area contributed by atoms with E-state index in [4.69, 9.17) is 14.2 Å². The first-order chi connectivity index (χ1) is 11.0. The Bertz CT molecular complexity index is 670. The first-order valence-corrected chi connectivity index (χ1v) is 7.32. The number of urea groups is 1. The first kappa shape index (κ1) is 15.2. The maximum Gasteiger partial charge on any atom is 0.319 e. The van der Waals surface area contributed by atoms with Gasteiger partial charge in [0.15, 0.2) is 11.5 Å². The second kappa shape index (κ2) is 5.83. The van der Waals surface area contributed by atoms with Gasteiger partial charge >= 0.3 is 12.0 Å². The molecule has 1 aromatic rings. The molecule has 2 aliphatic rings. The van der Waals surface area contributed by atoms with Crippen molar-refractivity contribution < 1.29 is 23.8 Å². The summed E-state index contributed by atoms with van der Waals surface area (Å²) < 4.78 is 15.9. The molecule has 2 N–H and O–H groups in total. The fourth-order valence-corrected chi connectivity index (χ4v) is 2.65. The van der Waals surface area contributed by atoms with E-state index in [-0.39, 0.29) is 12.9 Å². The van der Waals surface area contributed by atoms with Crippen LogP contribution in [0.4, 0.5) is 4.79 Å². The third-order valence-electron chi connectivity index (χ3n) is 3.63. The Labute approximate surface area is 133 Å². The van der Waals surface area contributed by atoms with Crippen LogP contribution in [-0.2, 0) is 9.53 Å². The summed E-state index contributed by atoms with van der Waals surface area (Å²) in [5.74, 6) is 0.0432. The van der Waals surface area contributed by atoms with E-state index in [9.17, 15) is 9.59 Å². The fraction of sp³-hybridized carbons (Fsp3) is 0.375. The Kier molecular flexibility index (Phi) is 3.85. The second-order valence-electron chi connectivity index (χ2n) is 5.68. The van der Waals surface area contributed by atoms with Gasteiger partial charge in [-0.2, -0.15) is 0 Å². The molecule has 2 heterocycles. The molecule has 2 aliphatic heterocycles. The van der Waals surface area contributed by atoms with Crippen molar-refractivity contribution in [3.63, 3.8) is 0 Å². The first-order valence-electron chi connectivity index (χ1n) is 7.32. The Hall–Kier alpha value is -2.70. The van der Waals surface area contributed by atoms with Gasteiger partial charge in [-0.3, -0.25) is 4.79 Å². The molecule has 7 heteroatoms. The highest BCUT2D eigenvalue weighted by molar-refractivity contribution is 5.85. The molecule has 7 nitrogen and oxygen atoms in total. The molecule has 1 aromatic carbocycles. The summed E-state index contributed by atoms with van der Waals surface area (Å²) in [6.07, 6.45) is -0.259. The summed E-state index contributed by atoms with van der Waals surface area (Å²) in [7, 11) is 0. The molecular weight excluding hydrogens is 300 g/mol. The molecule has 3 rings (SSSR count). The van der Waals surface area contributed by atoms with Gasteiger partial charge in [-0.25, -0.2) is 4.79 Å². The molecule has 23 heavy (non-hydrogen) atoms. The number of carbonyl (C=O) groups is 2. The minimum atomic E-state index is -0.726. The van der Waals surface area contributed by atoms with Gasteiger partial charge < -0.3 is 24.8 Å². The largest absolute Gasteiger partial charge is 0.462 e. The normalized spacial score (nSPS) is 22.6. The summed E-state index contributed by atoms with van der Waals surface area (Å²) in [6, 6.07) is 4.29. The summed E-state index contributed by atoms with van der Waals surface area (Å²) >= 11 is 0. The predicted octanol–water partition coefficient (Wildman–Crippen LogP) is 1.85. The maximum atomic E-state index is 12.4. The average Bonchev–Trinajstić information content (AvgIpc) is 2.92. The van der Waals surface area contributed by atoms with Gasteiger partial charge in [-0.15, -0.1) is 0 Å². The van der Waals surface area contributed by atoms with Crippen molar-refractivity contribution >= 4 is 12.0 Å².